The summed E-state index contributed by atoms with van der Waals surface area (Å²) in [7, 11) is 1.42. The molecule has 0 radical (unpaired) electrons. The first-order chi connectivity index (χ1) is 15.9. The van der Waals surface area contributed by atoms with E-state index in [0.717, 1.165) is 12.8 Å². The molecule has 0 spiro atoms. The predicted molar refractivity (Wildman–Crippen MR) is 115 cm³/mol. The Kier molecular flexibility index (Phi) is 5.57. The second kappa shape index (κ2) is 8.54. The van der Waals surface area contributed by atoms with Gasteiger partial charge in [0, 0.05) is 51.3 Å². The number of ether oxygens (including phenoxy) is 1. The van der Waals surface area contributed by atoms with Gasteiger partial charge in [-0.05, 0) is 18.9 Å². The zero-order valence-corrected chi connectivity index (χ0v) is 18.1. The highest BCUT2D eigenvalue weighted by molar-refractivity contribution is 5.98. The first kappa shape index (κ1) is 21.5. The molecule has 1 saturated heterocycles. The molecule has 174 valence electrons. The molecule has 1 aromatic carbocycles. The number of nitrogens with one attached hydrogen (secondary N) is 2. The van der Waals surface area contributed by atoms with Gasteiger partial charge in [0.1, 0.15) is 17.1 Å². The van der Waals surface area contributed by atoms with Crippen LogP contribution in [0.15, 0.2) is 18.3 Å². The van der Waals surface area contributed by atoms with E-state index in [-0.39, 0.29) is 29.0 Å². The van der Waals surface area contributed by atoms with E-state index in [9.17, 15) is 14.0 Å². The van der Waals surface area contributed by atoms with Gasteiger partial charge in [-0.3, -0.25) is 14.5 Å². The second-order valence-electron chi connectivity index (χ2n) is 8.49. The third kappa shape index (κ3) is 4.20. The van der Waals surface area contributed by atoms with Crippen molar-refractivity contribution < 1.29 is 23.1 Å². The minimum Gasteiger partial charge on any atom is -0.478 e. The number of anilines is 2. The highest BCUT2D eigenvalue weighted by Gasteiger charge is 2.41. The highest BCUT2D eigenvalue weighted by Crippen LogP contribution is 2.41. The number of benzene rings is 1. The molecule has 9 nitrogen and oxygen atoms in total. The van der Waals surface area contributed by atoms with Crippen molar-refractivity contribution in [2.45, 2.75) is 25.5 Å². The number of piperazine rings is 1. The molecule has 2 aromatic rings. The van der Waals surface area contributed by atoms with E-state index < -0.39 is 23.8 Å². The summed E-state index contributed by atoms with van der Waals surface area (Å²) in [6.45, 7) is 2.48. The molecule has 1 atom stereocenters. The van der Waals surface area contributed by atoms with Crippen LogP contribution in [0.1, 0.15) is 29.0 Å². The lowest BCUT2D eigenvalue weighted by Crippen LogP contribution is -2.46. The van der Waals surface area contributed by atoms with Crippen LogP contribution >= 0.6 is 0 Å². The Morgan fingerprint density at radius 2 is 2.00 bits per heavy atom. The number of amides is 2. The molecule has 2 fully saturated rings. The van der Waals surface area contributed by atoms with Gasteiger partial charge in [-0.2, -0.15) is 9.37 Å². The van der Waals surface area contributed by atoms with Crippen LogP contribution in [0.5, 0.6) is 5.75 Å². The van der Waals surface area contributed by atoms with Crippen LogP contribution in [-0.4, -0.2) is 66.0 Å². The lowest BCUT2D eigenvalue weighted by molar-refractivity contribution is -0.124. The lowest BCUT2D eigenvalue weighted by Gasteiger charge is -2.36. The summed E-state index contributed by atoms with van der Waals surface area (Å²) in [6.07, 6.45) is 2.68. The second-order valence-corrected chi connectivity index (χ2v) is 8.49. The van der Waals surface area contributed by atoms with Crippen molar-refractivity contribution in [2.24, 2.45) is 5.92 Å². The number of nitrogens with zero attached hydrogens (tertiary/aromatic N) is 4. The molecule has 1 aliphatic carbocycles. The maximum absolute atomic E-state index is 15.1. The smallest absolute Gasteiger partial charge is 0.288 e. The summed E-state index contributed by atoms with van der Waals surface area (Å²) in [5, 5.41) is 5.04. The molecule has 0 unspecified atom stereocenters. The third-order valence-corrected chi connectivity index (χ3v) is 6.26. The number of fused-ring (bicyclic) bond motifs is 1. The van der Waals surface area contributed by atoms with Gasteiger partial charge in [0.15, 0.2) is 11.9 Å². The van der Waals surface area contributed by atoms with Gasteiger partial charge in [-0.15, -0.1) is 0 Å². The molecule has 2 aliphatic heterocycles. The maximum atomic E-state index is 15.1. The minimum atomic E-state index is -0.752. The van der Waals surface area contributed by atoms with Crippen LogP contribution < -0.4 is 20.3 Å². The Labute approximate surface area is 189 Å². The first-order valence-corrected chi connectivity index (χ1v) is 11.0. The summed E-state index contributed by atoms with van der Waals surface area (Å²) in [5.41, 5.74) is 0.788. The number of carbonyl (C=O) groups excluding carboxylic acids is 2. The molecular formula is C22H24F2N6O3. The van der Waals surface area contributed by atoms with E-state index in [4.69, 9.17) is 4.74 Å². The van der Waals surface area contributed by atoms with E-state index in [2.05, 4.69) is 25.5 Å². The summed E-state index contributed by atoms with van der Waals surface area (Å²) in [6, 6.07) is 3.40. The molecule has 1 saturated carbocycles. The zero-order valence-electron chi connectivity index (χ0n) is 18.1. The highest BCUT2D eigenvalue weighted by atomic mass is 19.1. The minimum absolute atomic E-state index is 0.100. The number of halogens is 2. The summed E-state index contributed by atoms with van der Waals surface area (Å²) >= 11 is 0. The maximum Gasteiger partial charge on any atom is 0.288 e. The number of aromatic nitrogens is 2. The lowest BCUT2D eigenvalue weighted by atomic mass is 10.1. The number of carbonyl (C=O) groups is 2. The van der Waals surface area contributed by atoms with Gasteiger partial charge in [-0.1, -0.05) is 6.07 Å². The quantitative estimate of drug-likeness (QED) is 0.656. The average Bonchev–Trinajstić information content (AvgIpc) is 3.66. The van der Waals surface area contributed by atoms with Crippen molar-refractivity contribution >= 4 is 23.2 Å². The molecule has 1 aromatic heterocycles. The molecule has 11 heteroatoms. The molecule has 33 heavy (non-hydrogen) atoms. The van der Waals surface area contributed by atoms with Crippen LogP contribution in [0, 0.1) is 17.7 Å². The first-order valence-electron chi connectivity index (χ1n) is 11.0. The van der Waals surface area contributed by atoms with Crippen molar-refractivity contribution in [1.82, 2.24) is 20.2 Å². The molecule has 3 aliphatic rings. The van der Waals surface area contributed by atoms with Gasteiger partial charge in [0.25, 0.3) is 11.8 Å². The van der Waals surface area contributed by atoms with E-state index in [0.29, 0.717) is 44.0 Å². The fourth-order valence-corrected chi connectivity index (χ4v) is 4.21. The van der Waals surface area contributed by atoms with Gasteiger partial charge in [0.05, 0.1) is 6.20 Å². The van der Waals surface area contributed by atoms with E-state index in [1.54, 1.807) is 17.0 Å². The van der Waals surface area contributed by atoms with Crippen LogP contribution in [0.3, 0.4) is 0 Å². The third-order valence-electron chi connectivity index (χ3n) is 6.26. The van der Waals surface area contributed by atoms with Gasteiger partial charge in [0.2, 0.25) is 11.8 Å². The van der Waals surface area contributed by atoms with Crippen molar-refractivity contribution in [1.29, 1.82) is 0 Å². The average molecular weight is 458 g/mol. The number of rotatable bonds is 5. The number of hydrogen-bond donors (Lipinski definition) is 2. The van der Waals surface area contributed by atoms with Gasteiger partial charge >= 0.3 is 0 Å². The van der Waals surface area contributed by atoms with Crippen molar-refractivity contribution in [3.8, 4) is 5.75 Å². The number of hydrogen-bond acceptors (Lipinski definition) is 7. The fourth-order valence-electron chi connectivity index (χ4n) is 4.21. The normalized spacial score (nSPS) is 20.6. The summed E-state index contributed by atoms with van der Waals surface area (Å²) < 4.78 is 35.3. The Hall–Kier alpha value is -3.34. The zero-order chi connectivity index (χ0) is 23.1. The van der Waals surface area contributed by atoms with Crippen LogP contribution in [0.2, 0.25) is 0 Å². The Balaban J connectivity index is 1.23. The van der Waals surface area contributed by atoms with Gasteiger partial charge in [-0.25, -0.2) is 9.37 Å². The Morgan fingerprint density at radius 1 is 1.24 bits per heavy atom. The Bertz CT molecular complexity index is 1100. The SMILES string of the molecule is CNC(=O)c1ncc(N2CCN(Cc3ccc4c(c3F)NC(=O)[C@H](C3CC3)O4)CC2)c(F)n1. The molecule has 3 heterocycles. The van der Waals surface area contributed by atoms with Crippen LogP contribution in [0.25, 0.3) is 0 Å². The molecular weight excluding hydrogens is 434 g/mol. The molecule has 2 amide bonds. The monoisotopic (exact) mass is 458 g/mol. The largest absolute Gasteiger partial charge is 0.478 e. The predicted octanol–water partition coefficient (Wildman–Crippen LogP) is 1.55. The molecule has 2 N–H and O–H groups in total. The summed E-state index contributed by atoms with van der Waals surface area (Å²) in [5.74, 6) is -1.72. The van der Waals surface area contributed by atoms with E-state index >= 15 is 4.39 Å². The molecule has 0 bridgehead atoms. The van der Waals surface area contributed by atoms with Gasteiger partial charge < -0.3 is 20.3 Å². The van der Waals surface area contributed by atoms with E-state index in [1.165, 1.54) is 13.2 Å². The fraction of sp³-hybridized carbons (Fsp3) is 0.455. The summed E-state index contributed by atoms with van der Waals surface area (Å²) in [4.78, 5) is 35.3. The van der Waals surface area contributed by atoms with Crippen LogP contribution in [0.4, 0.5) is 20.2 Å². The van der Waals surface area contributed by atoms with E-state index in [1.807, 2.05) is 0 Å². The van der Waals surface area contributed by atoms with Crippen molar-refractivity contribution in [3.05, 3.63) is 41.5 Å². The standard InChI is InChI=1S/C22H24F2N6O3/c1-25-22(32)20-26-10-14(19(24)28-20)30-8-6-29(7-9-30)11-13-4-5-15-17(16(13)23)27-21(31)18(33-15)12-2-3-12/h4-5,10,12,18H,2-3,6-9,11H2,1H3,(H,25,32)(H,27,31)/t18-/m0/s1. The topological polar surface area (TPSA) is 99.7 Å². The van der Waals surface area contributed by atoms with Crippen molar-refractivity contribution in [2.75, 3.05) is 43.4 Å². The van der Waals surface area contributed by atoms with Crippen molar-refractivity contribution in [3.63, 3.8) is 0 Å². The molecule has 5 rings (SSSR count). The Morgan fingerprint density at radius 3 is 2.67 bits per heavy atom. The van der Waals surface area contributed by atoms with Crippen LogP contribution in [-0.2, 0) is 11.3 Å².